The lowest BCUT2D eigenvalue weighted by Gasteiger charge is -2.32. The lowest BCUT2D eigenvalue weighted by molar-refractivity contribution is -0.137. The van der Waals surface area contributed by atoms with Gasteiger partial charge in [-0.1, -0.05) is 83.5 Å². The van der Waals surface area contributed by atoms with Crippen molar-refractivity contribution in [2.24, 2.45) is 0 Å². The second-order valence-corrected chi connectivity index (χ2v) is 11.1. The van der Waals surface area contributed by atoms with Crippen LogP contribution in [-0.2, 0) is 4.79 Å². The highest BCUT2D eigenvalue weighted by Crippen LogP contribution is 2.33. The third-order valence-electron chi connectivity index (χ3n) is 4.28. The molecule has 0 aromatic heterocycles. The summed E-state index contributed by atoms with van der Waals surface area (Å²) in [4.78, 5) is 10.7. The summed E-state index contributed by atoms with van der Waals surface area (Å²) in [6.07, 6.45) is 9.20. The monoisotopic (exact) mass is 286 g/mol. The SMILES string of the molecule is CCCC[Si](CCCC)(CCCC)CCCC(=O)O. The zero-order valence-electron chi connectivity index (χ0n) is 13.3. The summed E-state index contributed by atoms with van der Waals surface area (Å²) in [5.41, 5.74) is 0. The van der Waals surface area contributed by atoms with E-state index in [2.05, 4.69) is 20.8 Å². The lowest BCUT2D eigenvalue weighted by Crippen LogP contribution is -2.34. The van der Waals surface area contributed by atoms with Gasteiger partial charge in [0, 0.05) is 6.42 Å². The minimum absolute atomic E-state index is 0.374. The molecule has 1 N–H and O–H groups in total. The largest absolute Gasteiger partial charge is 0.481 e. The Bertz CT molecular complexity index is 207. The molecule has 0 saturated carbocycles. The number of hydrogen-bond acceptors (Lipinski definition) is 1. The summed E-state index contributed by atoms with van der Waals surface area (Å²) in [5.74, 6) is -0.621. The highest BCUT2D eigenvalue weighted by atomic mass is 28.3. The molecule has 0 aromatic rings. The molecule has 0 aromatic carbocycles. The molecule has 0 saturated heterocycles. The summed E-state index contributed by atoms with van der Waals surface area (Å²) in [6.45, 7) is 6.82. The van der Waals surface area contributed by atoms with E-state index in [1.807, 2.05) is 0 Å². The zero-order chi connectivity index (χ0) is 14.6. The summed E-state index contributed by atoms with van der Waals surface area (Å²) in [6, 6.07) is 5.55. The zero-order valence-corrected chi connectivity index (χ0v) is 14.3. The lowest BCUT2D eigenvalue weighted by atomic mass is 10.3. The molecular formula is C16H34O2Si. The fourth-order valence-electron chi connectivity index (χ4n) is 3.02. The number of carboxylic acids is 1. The number of unbranched alkanes of at least 4 members (excludes halogenated alkanes) is 3. The van der Waals surface area contributed by atoms with Crippen LogP contribution in [0.2, 0.25) is 24.2 Å². The molecular weight excluding hydrogens is 252 g/mol. The molecule has 2 nitrogen and oxygen atoms in total. The Balaban J connectivity index is 4.51. The Morgan fingerprint density at radius 1 is 0.789 bits per heavy atom. The molecule has 0 unspecified atom stereocenters. The molecule has 0 heterocycles. The van der Waals surface area contributed by atoms with Crippen LogP contribution in [0.15, 0.2) is 0 Å². The van der Waals surface area contributed by atoms with Crippen molar-refractivity contribution in [1.82, 2.24) is 0 Å². The smallest absolute Gasteiger partial charge is 0.303 e. The van der Waals surface area contributed by atoms with Crippen LogP contribution in [0.4, 0.5) is 0 Å². The Kier molecular flexibility index (Phi) is 11.3. The van der Waals surface area contributed by atoms with Crippen molar-refractivity contribution in [3.05, 3.63) is 0 Å². The molecule has 0 rings (SSSR count). The average Bonchev–Trinajstić information content (AvgIpc) is 2.39. The topological polar surface area (TPSA) is 37.3 Å². The maximum Gasteiger partial charge on any atom is 0.303 e. The normalized spacial score (nSPS) is 11.7. The van der Waals surface area contributed by atoms with E-state index in [1.165, 1.54) is 62.7 Å². The Labute approximate surface area is 121 Å². The third kappa shape index (κ3) is 9.25. The maximum absolute atomic E-state index is 10.7. The van der Waals surface area contributed by atoms with Crippen molar-refractivity contribution in [2.45, 2.75) is 96.3 Å². The third-order valence-corrected chi connectivity index (χ3v) is 9.94. The summed E-state index contributed by atoms with van der Waals surface area (Å²) >= 11 is 0. The molecule has 0 aliphatic rings. The summed E-state index contributed by atoms with van der Waals surface area (Å²) < 4.78 is 0. The Morgan fingerprint density at radius 2 is 1.16 bits per heavy atom. The van der Waals surface area contributed by atoms with Crippen molar-refractivity contribution >= 4 is 14.0 Å². The molecule has 114 valence electrons. The van der Waals surface area contributed by atoms with Gasteiger partial charge in [-0.05, 0) is 6.42 Å². The van der Waals surface area contributed by atoms with E-state index in [-0.39, 0.29) is 0 Å². The maximum atomic E-state index is 10.7. The predicted molar refractivity (Wildman–Crippen MR) is 86.6 cm³/mol. The van der Waals surface area contributed by atoms with Crippen LogP contribution in [0.5, 0.6) is 0 Å². The molecule has 19 heavy (non-hydrogen) atoms. The Hall–Kier alpha value is -0.313. The van der Waals surface area contributed by atoms with Gasteiger partial charge in [-0.3, -0.25) is 4.79 Å². The molecule has 3 heteroatoms. The number of carbonyl (C=O) groups is 1. The van der Waals surface area contributed by atoms with E-state index in [0.717, 1.165) is 6.42 Å². The second kappa shape index (κ2) is 11.5. The van der Waals surface area contributed by atoms with Crippen LogP contribution in [0, 0.1) is 0 Å². The molecule has 0 radical (unpaired) electrons. The highest BCUT2D eigenvalue weighted by molar-refractivity contribution is 6.79. The van der Waals surface area contributed by atoms with E-state index < -0.39 is 14.0 Å². The van der Waals surface area contributed by atoms with Crippen molar-refractivity contribution in [3.63, 3.8) is 0 Å². The summed E-state index contributed by atoms with van der Waals surface area (Å²) in [5, 5.41) is 8.85. The van der Waals surface area contributed by atoms with Gasteiger partial charge in [-0.2, -0.15) is 0 Å². The minimum atomic E-state index is -1.19. The minimum Gasteiger partial charge on any atom is -0.481 e. The van der Waals surface area contributed by atoms with Gasteiger partial charge in [0.15, 0.2) is 0 Å². The Morgan fingerprint density at radius 3 is 1.47 bits per heavy atom. The van der Waals surface area contributed by atoms with Gasteiger partial charge in [0.2, 0.25) is 0 Å². The van der Waals surface area contributed by atoms with E-state index in [9.17, 15) is 4.79 Å². The highest BCUT2D eigenvalue weighted by Gasteiger charge is 2.30. The number of carboxylic acid groups (broad SMARTS) is 1. The van der Waals surface area contributed by atoms with Gasteiger partial charge in [0.25, 0.3) is 0 Å². The standard InChI is InChI=1S/C16H34O2Si/c1-4-7-12-19(13-8-5-2,14-9-6-3)15-10-11-16(17)18/h4-15H2,1-3H3,(H,17,18). The molecule has 0 atom stereocenters. The van der Waals surface area contributed by atoms with Crippen molar-refractivity contribution in [1.29, 1.82) is 0 Å². The van der Waals surface area contributed by atoms with Crippen molar-refractivity contribution in [3.8, 4) is 0 Å². The van der Waals surface area contributed by atoms with Gasteiger partial charge in [-0.25, -0.2) is 0 Å². The van der Waals surface area contributed by atoms with E-state index in [0.29, 0.717) is 6.42 Å². The molecule has 0 fully saturated rings. The van der Waals surface area contributed by atoms with Gasteiger partial charge >= 0.3 is 5.97 Å². The molecule has 0 aliphatic carbocycles. The first-order chi connectivity index (χ1) is 9.10. The van der Waals surface area contributed by atoms with Crippen LogP contribution in [0.3, 0.4) is 0 Å². The molecule has 0 spiro atoms. The molecule has 0 aliphatic heterocycles. The first-order valence-corrected chi connectivity index (χ1v) is 11.1. The van der Waals surface area contributed by atoms with E-state index in [4.69, 9.17) is 5.11 Å². The number of rotatable bonds is 13. The first kappa shape index (κ1) is 18.7. The van der Waals surface area contributed by atoms with Crippen LogP contribution in [0.25, 0.3) is 0 Å². The second-order valence-electron chi connectivity index (χ2n) is 6.06. The number of aliphatic carboxylic acids is 1. The van der Waals surface area contributed by atoms with E-state index >= 15 is 0 Å². The van der Waals surface area contributed by atoms with Crippen molar-refractivity contribution < 1.29 is 9.90 Å². The number of hydrogen-bond donors (Lipinski definition) is 1. The fourth-order valence-corrected chi connectivity index (χ4v) is 8.76. The fraction of sp³-hybridized carbons (Fsp3) is 0.938. The van der Waals surface area contributed by atoms with Gasteiger partial charge < -0.3 is 5.11 Å². The molecule has 0 amide bonds. The predicted octanol–water partition coefficient (Wildman–Crippen LogP) is 5.70. The van der Waals surface area contributed by atoms with Crippen molar-refractivity contribution in [2.75, 3.05) is 0 Å². The van der Waals surface area contributed by atoms with Gasteiger partial charge in [0.1, 0.15) is 0 Å². The summed E-state index contributed by atoms with van der Waals surface area (Å²) in [7, 11) is -1.19. The van der Waals surface area contributed by atoms with Crippen LogP contribution in [0.1, 0.15) is 72.1 Å². The van der Waals surface area contributed by atoms with Gasteiger partial charge in [-0.15, -0.1) is 0 Å². The van der Waals surface area contributed by atoms with Crippen LogP contribution in [-0.4, -0.2) is 19.1 Å². The van der Waals surface area contributed by atoms with Crippen LogP contribution < -0.4 is 0 Å². The average molecular weight is 287 g/mol. The first-order valence-electron chi connectivity index (χ1n) is 8.32. The molecule has 0 bridgehead atoms. The van der Waals surface area contributed by atoms with E-state index in [1.54, 1.807) is 0 Å². The quantitative estimate of drug-likeness (QED) is 0.441. The van der Waals surface area contributed by atoms with Gasteiger partial charge in [0.05, 0.1) is 8.07 Å². The van der Waals surface area contributed by atoms with Crippen LogP contribution >= 0.6 is 0 Å².